The van der Waals surface area contributed by atoms with Gasteiger partial charge < -0.3 is 24.5 Å². The number of pyridine rings is 1. The van der Waals surface area contributed by atoms with Crippen molar-refractivity contribution in [3.8, 4) is 23.2 Å². The molecule has 0 aliphatic carbocycles. The minimum absolute atomic E-state index is 0.0508. The average molecular weight is 614 g/mol. The molecule has 2 N–H and O–H groups in total. The summed E-state index contributed by atoms with van der Waals surface area (Å²) in [4.78, 5) is 20.6. The molecule has 1 fully saturated rings. The van der Waals surface area contributed by atoms with Gasteiger partial charge in [0.2, 0.25) is 5.88 Å². The minimum Gasteiger partial charge on any atom is -0.478 e. The number of nitrogens with one attached hydrogen (secondary N) is 1. The molecule has 5 aromatic rings. The maximum Gasteiger partial charge on any atom is 0.335 e. The van der Waals surface area contributed by atoms with Crippen molar-refractivity contribution in [2.75, 3.05) is 20.2 Å². The monoisotopic (exact) mass is 613 g/mol. The topological polar surface area (TPSA) is 122 Å². The Morgan fingerprint density at radius 1 is 1.02 bits per heavy atom. The summed E-state index contributed by atoms with van der Waals surface area (Å²) in [6.45, 7) is 0.903. The number of imidazole rings is 1. The van der Waals surface area contributed by atoms with Crippen molar-refractivity contribution in [3.05, 3.63) is 112 Å². The zero-order chi connectivity index (χ0) is 31.7. The first-order chi connectivity index (χ1) is 21.7. The minimum atomic E-state index is -1.09. The number of aromatic nitrogens is 3. The lowest BCUT2D eigenvalue weighted by atomic mass is 10.0. The molecule has 0 amide bonds. The standard InChI is InChI=1S/C33H26F3N5O4/c1-44-30-16-38-15-29(30)41-28-11-19(33(42)43)7-8-27(28)39-31(41)12-21-10-25(36)22(13-24(21)35)26-3-2-4-32(40-26)45-17-20-6-5-18(14-37)9-23(20)34/h2-11,13,29-30,38H,12,15-17H2,1H3,(H,42,43)/t29-,30+/m0/s1. The predicted molar refractivity (Wildman–Crippen MR) is 157 cm³/mol. The largest absolute Gasteiger partial charge is 0.478 e. The summed E-state index contributed by atoms with van der Waals surface area (Å²) in [6, 6.07) is 16.9. The van der Waals surface area contributed by atoms with E-state index < -0.39 is 23.4 Å². The van der Waals surface area contributed by atoms with Crippen LogP contribution in [-0.4, -0.2) is 51.9 Å². The van der Waals surface area contributed by atoms with Gasteiger partial charge in [-0.2, -0.15) is 5.26 Å². The maximum absolute atomic E-state index is 15.6. The molecule has 0 radical (unpaired) electrons. The van der Waals surface area contributed by atoms with Crippen molar-refractivity contribution < 1.29 is 32.5 Å². The number of carboxylic acids is 1. The lowest BCUT2D eigenvalue weighted by Gasteiger charge is -2.22. The van der Waals surface area contributed by atoms with Crippen LogP contribution < -0.4 is 10.1 Å². The van der Waals surface area contributed by atoms with Crippen LogP contribution in [0.15, 0.2) is 66.7 Å². The number of nitrogens with zero attached hydrogens (tertiary/aromatic N) is 4. The lowest BCUT2D eigenvalue weighted by Crippen LogP contribution is -2.26. The number of benzene rings is 3. The second-order valence-electron chi connectivity index (χ2n) is 10.6. The van der Waals surface area contributed by atoms with Gasteiger partial charge >= 0.3 is 5.97 Å². The molecule has 1 aliphatic rings. The molecule has 9 nitrogen and oxygen atoms in total. The van der Waals surface area contributed by atoms with Crippen molar-refractivity contribution in [2.45, 2.75) is 25.2 Å². The van der Waals surface area contributed by atoms with Crippen LogP contribution >= 0.6 is 0 Å². The fourth-order valence-corrected chi connectivity index (χ4v) is 5.53. The van der Waals surface area contributed by atoms with E-state index in [9.17, 15) is 14.3 Å². The molecule has 3 aromatic carbocycles. The summed E-state index contributed by atoms with van der Waals surface area (Å²) in [5, 5.41) is 21.7. The highest BCUT2D eigenvalue weighted by Crippen LogP contribution is 2.31. The number of fused-ring (bicyclic) bond motifs is 1. The van der Waals surface area contributed by atoms with Crippen molar-refractivity contribution in [3.63, 3.8) is 0 Å². The number of carbonyl (C=O) groups is 1. The molecule has 1 aliphatic heterocycles. The van der Waals surface area contributed by atoms with Gasteiger partial charge in [-0.1, -0.05) is 12.1 Å². The third-order valence-corrected chi connectivity index (χ3v) is 7.81. The Labute approximate surface area is 255 Å². The summed E-state index contributed by atoms with van der Waals surface area (Å²) in [5.41, 5.74) is 1.62. The molecule has 228 valence electrons. The number of aromatic carboxylic acids is 1. The molecule has 1 saturated heterocycles. The average Bonchev–Trinajstić information content (AvgIpc) is 3.65. The molecule has 12 heteroatoms. The van der Waals surface area contributed by atoms with Crippen LogP contribution in [0.1, 0.15) is 38.9 Å². The Morgan fingerprint density at radius 2 is 1.84 bits per heavy atom. The van der Waals surface area contributed by atoms with E-state index in [1.807, 2.05) is 10.6 Å². The fraction of sp³-hybridized carbons (Fsp3) is 0.212. The second-order valence-corrected chi connectivity index (χ2v) is 10.6. The third kappa shape index (κ3) is 5.95. The highest BCUT2D eigenvalue weighted by atomic mass is 19.1. The molecule has 0 bridgehead atoms. The number of nitriles is 1. The highest BCUT2D eigenvalue weighted by molar-refractivity contribution is 5.92. The zero-order valence-corrected chi connectivity index (χ0v) is 23.9. The fourth-order valence-electron chi connectivity index (χ4n) is 5.53. The molecule has 2 atom stereocenters. The summed E-state index contributed by atoms with van der Waals surface area (Å²) in [6.07, 6.45) is -0.313. The molecule has 45 heavy (non-hydrogen) atoms. The van der Waals surface area contributed by atoms with Gasteiger partial charge in [-0.05, 0) is 54.1 Å². The van der Waals surface area contributed by atoms with Crippen LogP contribution in [0.4, 0.5) is 13.2 Å². The van der Waals surface area contributed by atoms with Crippen LogP contribution in [0, 0.1) is 28.8 Å². The van der Waals surface area contributed by atoms with Gasteiger partial charge in [0.05, 0.1) is 46.1 Å². The van der Waals surface area contributed by atoms with E-state index in [-0.39, 0.29) is 64.6 Å². The first-order valence-electron chi connectivity index (χ1n) is 14.0. The first-order valence-corrected chi connectivity index (χ1v) is 14.0. The van der Waals surface area contributed by atoms with Crippen LogP contribution in [0.2, 0.25) is 0 Å². The number of hydrogen-bond donors (Lipinski definition) is 2. The van der Waals surface area contributed by atoms with Gasteiger partial charge in [-0.15, -0.1) is 0 Å². The lowest BCUT2D eigenvalue weighted by molar-refractivity contribution is 0.0697. The van der Waals surface area contributed by atoms with Crippen LogP contribution in [0.5, 0.6) is 5.88 Å². The van der Waals surface area contributed by atoms with E-state index >= 15 is 8.78 Å². The van der Waals surface area contributed by atoms with E-state index in [4.69, 9.17) is 14.7 Å². The normalized spacial score (nSPS) is 16.2. The number of ether oxygens (including phenoxy) is 2. The Morgan fingerprint density at radius 3 is 2.60 bits per heavy atom. The van der Waals surface area contributed by atoms with Gasteiger partial charge in [-0.25, -0.2) is 27.9 Å². The van der Waals surface area contributed by atoms with Crippen molar-refractivity contribution >= 4 is 17.0 Å². The number of methoxy groups -OCH3 is 1. The van der Waals surface area contributed by atoms with Gasteiger partial charge in [-0.3, -0.25) is 0 Å². The van der Waals surface area contributed by atoms with Crippen molar-refractivity contribution in [2.24, 2.45) is 0 Å². The van der Waals surface area contributed by atoms with E-state index in [1.165, 1.54) is 36.4 Å². The predicted octanol–water partition coefficient (Wildman–Crippen LogP) is 5.41. The molecule has 0 unspecified atom stereocenters. The number of hydrogen-bond acceptors (Lipinski definition) is 7. The summed E-state index contributed by atoms with van der Waals surface area (Å²) in [7, 11) is 1.58. The number of halogens is 3. The van der Waals surface area contributed by atoms with Gasteiger partial charge in [0.15, 0.2) is 0 Å². The smallest absolute Gasteiger partial charge is 0.335 e. The molecular weight excluding hydrogens is 587 g/mol. The SMILES string of the molecule is CO[C@@H]1CNC[C@@H]1n1c(Cc2cc(F)c(-c3cccc(OCc4ccc(C#N)cc4F)n3)cc2F)nc2ccc(C(=O)O)cc21. The van der Waals surface area contributed by atoms with Gasteiger partial charge in [0.25, 0.3) is 0 Å². The van der Waals surface area contributed by atoms with Crippen LogP contribution in [0.25, 0.3) is 22.3 Å². The maximum atomic E-state index is 15.6. The van der Waals surface area contributed by atoms with Gasteiger partial charge in [0, 0.05) is 43.8 Å². The molecular formula is C33H26F3N5O4. The van der Waals surface area contributed by atoms with E-state index in [0.717, 1.165) is 18.2 Å². The van der Waals surface area contributed by atoms with Crippen LogP contribution in [0.3, 0.4) is 0 Å². The van der Waals surface area contributed by atoms with E-state index in [1.54, 1.807) is 19.2 Å². The molecule has 6 rings (SSSR count). The van der Waals surface area contributed by atoms with Gasteiger partial charge in [0.1, 0.15) is 29.9 Å². The Kier molecular flexibility index (Phi) is 8.21. The van der Waals surface area contributed by atoms with E-state index in [2.05, 4.69) is 15.3 Å². The Balaban J connectivity index is 1.29. The molecule has 0 spiro atoms. The van der Waals surface area contributed by atoms with Crippen LogP contribution in [-0.2, 0) is 17.8 Å². The third-order valence-electron chi connectivity index (χ3n) is 7.81. The molecule has 0 saturated carbocycles. The first kappa shape index (κ1) is 29.8. The number of carboxylic acid groups (broad SMARTS) is 1. The summed E-state index contributed by atoms with van der Waals surface area (Å²) in [5.74, 6) is -2.59. The molecule has 2 aromatic heterocycles. The summed E-state index contributed by atoms with van der Waals surface area (Å²) < 4.78 is 58.5. The summed E-state index contributed by atoms with van der Waals surface area (Å²) >= 11 is 0. The highest BCUT2D eigenvalue weighted by Gasteiger charge is 2.32. The zero-order valence-electron chi connectivity index (χ0n) is 23.9. The van der Waals surface area contributed by atoms with E-state index in [0.29, 0.717) is 29.9 Å². The Hall–Kier alpha value is -5.25. The molecule has 3 heterocycles. The van der Waals surface area contributed by atoms with Crippen molar-refractivity contribution in [1.82, 2.24) is 19.9 Å². The van der Waals surface area contributed by atoms with Crippen molar-refractivity contribution in [1.29, 1.82) is 5.26 Å². The number of rotatable bonds is 9. The quantitative estimate of drug-likeness (QED) is 0.226. The Bertz CT molecular complexity index is 1970. The second kappa shape index (κ2) is 12.4.